The molecule has 6 nitrogen and oxygen atoms in total. The molecule has 0 amide bonds. The van der Waals surface area contributed by atoms with E-state index in [0.717, 1.165) is 30.2 Å². The Balaban J connectivity index is 2.12. The minimum Gasteiger partial charge on any atom is -0.263 e. The van der Waals surface area contributed by atoms with Gasteiger partial charge in [0, 0.05) is 22.4 Å². The number of hydrogen-bond acceptors (Lipinski definition) is 4. The Morgan fingerprint density at radius 3 is 1.92 bits per heavy atom. The SMILES string of the molecule is CC(C)(C)c1nc(C(C)(C)CCC(C)(C)c2cn(C(C)(C)C)nn2)n[nH]1. The van der Waals surface area contributed by atoms with E-state index in [4.69, 9.17) is 4.98 Å². The maximum Gasteiger partial charge on any atom is 0.156 e. The van der Waals surface area contributed by atoms with Crippen molar-refractivity contribution < 1.29 is 0 Å². The molecule has 26 heavy (non-hydrogen) atoms. The van der Waals surface area contributed by atoms with Crippen LogP contribution in [0.3, 0.4) is 0 Å². The average Bonchev–Trinajstić information content (AvgIpc) is 3.13. The van der Waals surface area contributed by atoms with Crippen molar-refractivity contribution in [2.45, 2.75) is 104 Å². The van der Waals surface area contributed by atoms with E-state index >= 15 is 0 Å². The highest BCUT2D eigenvalue weighted by atomic mass is 15.4. The summed E-state index contributed by atoms with van der Waals surface area (Å²) in [4.78, 5) is 4.76. The Bertz CT molecular complexity index is 673. The van der Waals surface area contributed by atoms with E-state index in [1.807, 2.05) is 4.68 Å². The fourth-order valence-corrected chi connectivity index (χ4v) is 2.67. The third-order valence-corrected chi connectivity index (χ3v) is 5.05. The lowest BCUT2D eigenvalue weighted by molar-refractivity contribution is 0.346. The van der Waals surface area contributed by atoms with Gasteiger partial charge < -0.3 is 0 Å². The van der Waals surface area contributed by atoms with Gasteiger partial charge in [-0.25, -0.2) is 9.67 Å². The molecule has 0 aromatic carbocycles. The monoisotopic (exact) mass is 360 g/mol. The Hall–Kier alpha value is -1.72. The van der Waals surface area contributed by atoms with Gasteiger partial charge in [0.25, 0.3) is 0 Å². The summed E-state index contributed by atoms with van der Waals surface area (Å²) in [6, 6.07) is 0. The summed E-state index contributed by atoms with van der Waals surface area (Å²) in [6.07, 6.45) is 4.05. The van der Waals surface area contributed by atoms with Crippen LogP contribution >= 0.6 is 0 Å². The highest BCUT2D eigenvalue weighted by Crippen LogP contribution is 2.35. The second-order valence-electron chi connectivity index (χ2n) is 10.7. The molecule has 1 N–H and O–H groups in total. The second-order valence-corrected chi connectivity index (χ2v) is 10.7. The van der Waals surface area contributed by atoms with Crippen molar-refractivity contribution in [3.8, 4) is 0 Å². The van der Waals surface area contributed by atoms with Crippen molar-refractivity contribution >= 4 is 0 Å². The number of hydrogen-bond donors (Lipinski definition) is 1. The number of aromatic amines is 1. The zero-order valence-corrected chi connectivity index (χ0v) is 18.2. The highest BCUT2D eigenvalue weighted by Gasteiger charge is 2.33. The van der Waals surface area contributed by atoms with Crippen molar-refractivity contribution in [2.75, 3.05) is 0 Å². The van der Waals surface area contributed by atoms with Crippen LogP contribution in [0, 0.1) is 0 Å². The topological polar surface area (TPSA) is 72.3 Å². The molecular formula is C20H36N6. The Labute approximate surface area is 158 Å². The first kappa shape index (κ1) is 20.6. The zero-order valence-electron chi connectivity index (χ0n) is 18.2. The summed E-state index contributed by atoms with van der Waals surface area (Å²) < 4.78 is 1.94. The molecule has 0 unspecified atom stereocenters. The summed E-state index contributed by atoms with van der Waals surface area (Å²) in [5.41, 5.74) is 0.810. The van der Waals surface area contributed by atoms with Crippen molar-refractivity contribution in [3.05, 3.63) is 23.5 Å². The van der Waals surface area contributed by atoms with Crippen LogP contribution in [0.15, 0.2) is 6.20 Å². The average molecular weight is 361 g/mol. The van der Waals surface area contributed by atoms with Crippen molar-refractivity contribution in [1.29, 1.82) is 0 Å². The van der Waals surface area contributed by atoms with Crippen LogP contribution in [0.2, 0.25) is 0 Å². The minimum atomic E-state index is -0.0999. The van der Waals surface area contributed by atoms with Gasteiger partial charge in [-0.2, -0.15) is 5.10 Å². The van der Waals surface area contributed by atoms with E-state index in [-0.39, 0.29) is 21.8 Å². The number of nitrogens with zero attached hydrogens (tertiary/aromatic N) is 5. The zero-order chi connectivity index (χ0) is 20.0. The van der Waals surface area contributed by atoms with E-state index < -0.39 is 0 Å². The maximum atomic E-state index is 4.76. The number of aromatic nitrogens is 6. The van der Waals surface area contributed by atoms with Crippen molar-refractivity contribution in [2.24, 2.45) is 0 Å². The molecule has 0 aliphatic carbocycles. The van der Waals surface area contributed by atoms with Gasteiger partial charge in [-0.1, -0.05) is 53.7 Å². The molecule has 2 aromatic heterocycles. The van der Waals surface area contributed by atoms with E-state index in [0.29, 0.717) is 0 Å². The fourth-order valence-electron chi connectivity index (χ4n) is 2.67. The largest absolute Gasteiger partial charge is 0.263 e. The van der Waals surface area contributed by atoms with Crippen LogP contribution in [0.1, 0.15) is 99.4 Å². The standard InChI is InChI=1S/C20H36N6/c1-17(2,3)15-21-16(24-23-15)20(9,10)12-11-19(7,8)14-13-26(25-22-14)18(4,5)6/h13H,11-12H2,1-10H3,(H,21,23,24). The van der Waals surface area contributed by atoms with Crippen LogP contribution in [0.4, 0.5) is 0 Å². The highest BCUT2D eigenvalue weighted by molar-refractivity contribution is 5.13. The molecule has 0 spiro atoms. The summed E-state index contributed by atoms with van der Waals surface area (Å²) in [5, 5.41) is 16.4. The molecule has 0 atom stereocenters. The molecule has 2 heterocycles. The first-order valence-electron chi connectivity index (χ1n) is 9.50. The van der Waals surface area contributed by atoms with Crippen LogP contribution in [-0.2, 0) is 21.8 Å². The molecule has 2 rings (SSSR count). The number of nitrogens with one attached hydrogen (secondary N) is 1. The van der Waals surface area contributed by atoms with Gasteiger partial charge in [-0.3, -0.25) is 5.10 Å². The normalized spacial score (nSPS) is 14.1. The third kappa shape index (κ3) is 4.51. The predicted molar refractivity (Wildman–Crippen MR) is 105 cm³/mol. The van der Waals surface area contributed by atoms with Crippen LogP contribution < -0.4 is 0 Å². The number of H-pyrrole nitrogens is 1. The quantitative estimate of drug-likeness (QED) is 0.853. The molecule has 0 saturated carbocycles. The predicted octanol–water partition coefficient (Wildman–Crippen LogP) is 4.48. The molecule has 0 radical (unpaired) electrons. The summed E-state index contributed by atoms with van der Waals surface area (Å²) >= 11 is 0. The minimum absolute atomic E-state index is 0.0218. The Morgan fingerprint density at radius 2 is 1.46 bits per heavy atom. The van der Waals surface area contributed by atoms with E-state index in [2.05, 4.69) is 95.9 Å². The Kier molecular flexibility index (Phi) is 5.12. The molecule has 0 aliphatic rings. The Morgan fingerprint density at radius 1 is 0.885 bits per heavy atom. The number of rotatable bonds is 5. The van der Waals surface area contributed by atoms with Gasteiger partial charge in [0.1, 0.15) is 5.82 Å². The molecule has 0 fully saturated rings. The van der Waals surface area contributed by atoms with E-state index in [1.54, 1.807) is 0 Å². The van der Waals surface area contributed by atoms with E-state index in [1.165, 1.54) is 0 Å². The van der Waals surface area contributed by atoms with Gasteiger partial charge in [0.15, 0.2) is 5.82 Å². The van der Waals surface area contributed by atoms with Crippen molar-refractivity contribution in [1.82, 2.24) is 30.2 Å². The smallest absolute Gasteiger partial charge is 0.156 e. The fraction of sp³-hybridized carbons (Fsp3) is 0.800. The third-order valence-electron chi connectivity index (χ3n) is 5.05. The summed E-state index contributed by atoms with van der Waals surface area (Å²) in [5.74, 6) is 1.82. The van der Waals surface area contributed by atoms with Gasteiger partial charge in [0.2, 0.25) is 0 Å². The lowest BCUT2D eigenvalue weighted by atomic mass is 9.77. The second kappa shape index (κ2) is 6.46. The van der Waals surface area contributed by atoms with Crippen molar-refractivity contribution in [3.63, 3.8) is 0 Å². The van der Waals surface area contributed by atoms with Crippen LogP contribution in [0.5, 0.6) is 0 Å². The summed E-state index contributed by atoms with van der Waals surface area (Å²) in [6.45, 7) is 21.7. The summed E-state index contributed by atoms with van der Waals surface area (Å²) in [7, 11) is 0. The lowest BCUT2D eigenvalue weighted by Gasteiger charge is -2.28. The molecule has 0 aliphatic heterocycles. The first-order chi connectivity index (χ1) is 11.6. The molecule has 6 heteroatoms. The van der Waals surface area contributed by atoms with Crippen LogP contribution in [-0.4, -0.2) is 30.2 Å². The van der Waals surface area contributed by atoms with Gasteiger partial charge in [-0.05, 0) is 33.6 Å². The molecule has 0 saturated heterocycles. The van der Waals surface area contributed by atoms with Crippen LogP contribution in [0.25, 0.3) is 0 Å². The first-order valence-corrected chi connectivity index (χ1v) is 9.50. The van der Waals surface area contributed by atoms with Gasteiger partial charge >= 0.3 is 0 Å². The van der Waals surface area contributed by atoms with Gasteiger partial charge in [0.05, 0.1) is 11.2 Å². The maximum absolute atomic E-state index is 4.76. The molecular weight excluding hydrogens is 324 g/mol. The van der Waals surface area contributed by atoms with E-state index in [9.17, 15) is 0 Å². The van der Waals surface area contributed by atoms with Gasteiger partial charge in [-0.15, -0.1) is 5.10 Å². The lowest BCUT2D eigenvalue weighted by Crippen LogP contribution is -2.26. The molecule has 0 bridgehead atoms. The molecule has 2 aromatic rings. The molecule has 146 valence electrons.